The lowest BCUT2D eigenvalue weighted by Crippen LogP contribution is -2.40. The van der Waals surface area contributed by atoms with E-state index in [4.69, 9.17) is 9.47 Å². The summed E-state index contributed by atoms with van der Waals surface area (Å²) in [7, 11) is 0. The van der Waals surface area contributed by atoms with Crippen molar-refractivity contribution in [1.82, 2.24) is 5.32 Å². The van der Waals surface area contributed by atoms with Crippen LogP contribution in [0.3, 0.4) is 0 Å². The van der Waals surface area contributed by atoms with Crippen molar-refractivity contribution in [2.24, 2.45) is 0 Å². The van der Waals surface area contributed by atoms with Crippen molar-refractivity contribution >= 4 is 5.91 Å². The van der Waals surface area contributed by atoms with Crippen molar-refractivity contribution in [3.05, 3.63) is 65.2 Å². The molecule has 2 aromatic rings. The molecule has 1 heterocycles. The highest BCUT2D eigenvalue weighted by Crippen LogP contribution is 2.13. The standard InChI is InChI=1S/C24H27NO3/c1-3-27-22-14-12-20(13-15-22)7-6-19-8-10-21(11-9-19)17-18(2)25-24(26)23-5-4-16-28-23/h8-15,18,23H,3-5,16-17H2,1-2H3,(H,25,26). The molecule has 1 fully saturated rings. The molecular weight excluding hydrogens is 350 g/mol. The van der Waals surface area contributed by atoms with Gasteiger partial charge < -0.3 is 14.8 Å². The van der Waals surface area contributed by atoms with E-state index in [-0.39, 0.29) is 18.1 Å². The third-order valence-corrected chi connectivity index (χ3v) is 4.62. The van der Waals surface area contributed by atoms with Gasteiger partial charge in [0.05, 0.1) is 6.61 Å². The van der Waals surface area contributed by atoms with E-state index >= 15 is 0 Å². The van der Waals surface area contributed by atoms with Crippen LogP contribution in [0.2, 0.25) is 0 Å². The second kappa shape index (κ2) is 9.96. The molecule has 1 N–H and O–H groups in total. The van der Waals surface area contributed by atoms with Crippen molar-refractivity contribution in [3.8, 4) is 17.6 Å². The maximum Gasteiger partial charge on any atom is 0.249 e. The predicted molar refractivity (Wildman–Crippen MR) is 110 cm³/mol. The van der Waals surface area contributed by atoms with Gasteiger partial charge in [-0.3, -0.25) is 4.79 Å². The molecule has 0 aromatic heterocycles. The normalized spacial score (nSPS) is 16.7. The van der Waals surface area contributed by atoms with E-state index in [1.54, 1.807) is 0 Å². The van der Waals surface area contributed by atoms with Crippen LogP contribution in [-0.2, 0) is 16.0 Å². The first-order valence-electron chi connectivity index (χ1n) is 9.90. The van der Waals surface area contributed by atoms with Gasteiger partial charge in [-0.25, -0.2) is 0 Å². The summed E-state index contributed by atoms with van der Waals surface area (Å²) in [6, 6.07) is 16.0. The molecule has 0 radical (unpaired) electrons. The van der Waals surface area contributed by atoms with Gasteiger partial charge in [0.15, 0.2) is 0 Å². The lowest BCUT2D eigenvalue weighted by atomic mass is 10.0. The van der Waals surface area contributed by atoms with Crippen LogP contribution in [0.25, 0.3) is 0 Å². The fourth-order valence-electron chi connectivity index (χ4n) is 3.19. The van der Waals surface area contributed by atoms with Crippen molar-refractivity contribution in [1.29, 1.82) is 0 Å². The fourth-order valence-corrected chi connectivity index (χ4v) is 3.19. The van der Waals surface area contributed by atoms with Crippen LogP contribution in [0, 0.1) is 11.8 Å². The first-order chi connectivity index (χ1) is 13.6. The molecule has 4 nitrogen and oxygen atoms in total. The number of rotatable bonds is 6. The van der Waals surface area contributed by atoms with Gasteiger partial charge in [0, 0.05) is 23.8 Å². The molecule has 0 aliphatic carbocycles. The van der Waals surface area contributed by atoms with Crippen molar-refractivity contribution in [3.63, 3.8) is 0 Å². The molecule has 2 aromatic carbocycles. The number of carbonyl (C=O) groups is 1. The molecule has 0 spiro atoms. The summed E-state index contributed by atoms with van der Waals surface area (Å²) in [4.78, 5) is 12.1. The Kier molecular flexibility index (Phi) is 7.11. The molecular formula is C24H27NO3. The number of nitrogens with one attached hydrogen (secondary N) is 1. The third kappa shape index (κ3) is 5.87. The summed E-state index contributed by atoms with van der Waals surface area (Å²) in [5, 5.41) is 3.04. The van der Waals surface area contributed by atoms with E-state index in [1.807, 2.05) is 50.2 Å². The zero-order valence-corrected chi connectivity index (χ0v) is 16.5. The minimum Gasteiger partial charge on any atom is -0.494 e. The largest absolute Gasteiger partial charge is 0.494 e. The van der Waals surface area contributed by atoms with Crippen molar-refractivity contribution in [2.45, 2.75) is 45.3 Å². The molecule has 4 heteroatoms. The maximum atomic E-state index is 12.1. The third-order valence-electron chi connectivity index (χ3n) is 4.62. The van der Waals surface area contributed by atoms with Crippen molar-refractivity contribution in [2.75, 3.05) is 13.2 Å². The van der Waals surface area contributed by atoms with E-state index in [9.17, 15) is 4.79 Å². The highest BCUT2D eigenvalue weighted by Gasteiger charge is 2.24. The number of benzene rings is 2. The van der Waals surface area contributed by atoms with Crippen LogP contribution in [-0.4, -0.2) is 31.3 Å². The monoisotopic (exact) mass is 377 g/mol. The second-order valence-corrected chi connectivity index (χ2v) is 7.02. The molecule has 0 bridgehead atoms. The Morgan fingerprint density at radius 1 is 1.14 bits per heavy atom. The molecule has 2 atom stereocenters. The van der Waals surface area contributed by atoms with Crippen LogP contribution in [0.5, 0.6) is 5.75 Å². The minimum absolute atomic E-state index is 0.00263. The quantitative estimate of drug-likeness (QED) is 0.781. The van der Waals surface area contributed by atoms with E-state index < -0.39 is 0 Å². The minimum atomic E-state index is -0.275. The molecule has 1 amide bonds. The summed E-state index contributed by atoms with van der Waals surface area (Å²) in [6.45, 7) is 5.34. The van der Waals surface area contributed by atoms with Gasteiger partial charge >= 0.3 is 0 Å². The van der Waals surface area contributed by atoms with Crippen LogP contribution >= 0.6 is 0 Å². The second-order valence-electron chi connectivity index (χ2n) is 7.02. The Balaban J connectivity index is 1.52. The highest BCUT2D eigenvalue weighted by atomic mass is 16.5. The lowest BCUT2D eigenvalue weighted by Gasteiger charge is -2.17. The summed E-state index contributed by atoms with van der Waals surface area (Å²) < 4.78 is 10.9. The average molecular weight is 377 g/mol. The van der Waals surface area contributed by atoms with Gasteiger partial charge in [-0.05, 0) is 75.1 Å². The molecule has 2 unspecified atom stereocenters. The first-order valence-corrected chi connectivity index (χ1v) is 9.90. The SMILES string of the molecule is CCOc1ccc(C#Cc2ccc(CC(C)NC(=O)C3CCCO3)cc2)cc1. The lowest BCUT2D eigenvalue weighted by molar-refractivity contribution is -0.130. The number of ether oxygens (including phenoxy) is 2. The molecule has 1 saturated heterocycles. The molecule has 146 valence electrons. The Morgan fingerprint density at radius 3 is 2.36 bits per heavy atom. The average Bonchev–Trinajstić information content (AvgIpc) is 3.24. The van der Waals surface area contributed by atoms with Gasteiger partial charge in [-0.1, -0.05) is 24.0 Å². The van der Waals surface area contributed by atoms with E-state index in [0.717, 1.165) is 36.1 Å². The van der Waals surface area contributed by atoms with Crippen LogP contribution in [0.1, 0.15) is 43.4 Å². The smallest absolute Gasteiger partial charge is 0.249 e. The Bertz CT molecular complexity index is 825. The molecule has 0 saturated carbocycles. The summed E-state index contributed by atoms with van der Waals surface area (Å²) >= 11 is 0. The Hall–Kier alpha value is -2.77. The summed E-state index contributed by atoms with van der Waals surface area (Å²) in [5.41, 5.74) is 3.10. The van der Waals surface area contributed by atoms with E-state index in [0.29, 0.717) is 13.2 Å². The molecule has 1 aliphatic rings. The van der Waals surface area contributed by atoms with Crippen molar-refractivity contribution < 1.29 is 14.3 Å². The van der Waals surface area contributed by atoms with Gasteiger partial charge in [0.2, 0.25) is 5.91 Å². The number of carbonyl (C=O) groups excluding carboxylic acids is 1. The van der Waals surface area contributed by atoms with E-state index in [1.165, 1.54) is 5.56 Å². The summed E-state index contributed by atoms with van der Waals surface area (Å²) in [5.74, 6) is 7.22. The van der Waals surface area contributed by atoms with Crippen LogP contribution in [0.4, 0.5) is 0 Å². The van der Waals surface area contributed by atoms with Gasteiger partial charge in [0.1, 0.15) is 11.9 Å². The van der Waals surface area contributed by atoms with E-state index in [2.05, 4.69) is 29.3 Å². The fraction of sp³-hybridized carbons (Fsp3) is 0.375. The topological polar surface area (TPSA) is 47.6 Å². The zero-order chi connectivity index (χ0) is 19.8. The number of hydrogen-bond acceptors (Lipinski definition) is 3. The number of hydrogen-bond donors (Lipinski definition) is 1. The zero-order valence-electron chi connectivity index (χ0n) is 16.5. The predicted octanol–water partition coefficient (Wildman–Crippen LogP) is 3.71. The summed E-state index contributed by atoms with van der Waals surface area (Å²) in [6.07, 6.45) is 2.29. The van der Waals surface area contributed by atoms with Gasteiger partial charge in [-0.2, -0.15) is 0 Å². The van der Waals surface area contributed by atoms with Gasteiger partial charge in [-0.15, -0.1) is 0 Å². The maximum absolute atomic E-state index is 12.1. The number of amides is 1. The van der Waals surface area contributed by atoms with Gasteiger partial charge in [0.25, 0.3) is 0 Å². The molecule has 28 heavy (non-hydrogen) atoms. The Morgan fingerprint density at radius 2 is 1.79 bits per heavy atom. The molecule has 3 rings (SSSR count). The highest BCUT2D eigenvalue weighted by molar-refractivity contribution is 5.81. The molecule has 1 aliphatic heterocycles. The van der Waals surface area contributed by atoms with Crippen LogP contribution < -0.4 is 10.1 Å². The first kappa shape index (κ1) is 20.0. The Labute approximate surface area is 167 Å². The van der Waals surface area contributed by atoms with Crippen LogP contribution in [0.15, 0.2) is 48.5 Å².